The molecule has 0 radical (unpaired) electrons. The maximum Gasteiger partial charge on any atom is 0.234 e. The molecule has 0 atom stereocenters. The Bertz CT molecular complexity index is 886. The summed E-state index contributed by atoms with van der Waals surface area (Å²) in [5.74, 6) is 0.139. The SMILES string of the molecule is CC(C)(C)c1ccccc1NC(=O)CSc1nnnn1-c1ccccc1. The molecule has 1 aromatic heterocycles. The van der Waals surface area contributed by atoms with Crippen molar-refractivity contribution in [3.8, 4) is 5.69 Å². The highest BCUT2D eigenvalue weighted by Crippen LogP contribution is 2.29. The van der Waals surface area contributed by atoms with Crippen LogP contribution in [0, 0.1) is 0 Å². The number of benzene rings is 2. The highest BCUT2D eigenvalue weighted by atomic mass is 32.2. The van der Waals surface area contributed by atoms with E-state index in [0.717, 1.165) is 16.9 Å². The van der Waals surface area contributed by atoms with E-state index in [1.54, 1.807) is 4.68 Å². The molecule has 7 heteroatoms. The number of tetrazole rings is 1. The minimum absolute atomic E-state index is 0.0472. The van der Waals surface area contributed by atoms with Crippen molar-refractivity contribution in [1.82, 2.24) is 20.2 Å². The minimum atomic E-state index is -0.0886. The first-order chi connectivity index (χ1) is 12.4. The van der Waals surface area contributed by atoms with Gasteiger partial charge in [0.25, 0.3) is 0 Å². The smallest absolute Gasteiger partial charge is 0.234 e. The standard InChI is InChI=1S/C19H21N5OS/c1-19(2,3)15-11-7-8-12-16(15)20-17(25)13-26-18-21-22-23-24(18)14-9-5-4-6-10-14/h4-12H,13H2,1-3H3,(H,20,25). The molecule has 6 nitrogen and oxygen atoms in total. The summed E-state index contributed by atoms with van der Waals surface area (Å²) in [6.45, 7) is 6.38. The van der Waals surface area contributed by atoms with Gasteiger partial charge in [-0.05, 0) is 39.6 Å². The van der Waals surface area contributed by atoms with Crippen LogP contribution in [0.4, 0.5) is 5.69 Å². The van der Waals surface area contributed by atoms with Gasteiger partial charge in [0, 0.05) is 5.69 Å². The lowest BCUT2D eigenvalue weighted by atomic mass is 9.86. The van der Waals surface area contributed by atoms with Crippen LogP contribution in [0.5, 0.6) is 0 Å². The number of hydrogen-bond acceptors (Lipinski definition) is 5. The van der Waals surface area contributed by atoms with Crippen molar-refractivity contribution < 1.29 is 4.79 Å². The Labute approximate surface area is 157 Å². The molecule has 1 N–H and O–H groups in total. The van der Waals surface area contributed by atoms with E-state index >= 15 is 0 Å². The van der Waals surface area contributed by atoms with Crippen LogP contribution in [-0.4, -0.2) is 31.9 Å². The average Bonchev–Trinajstić information content (AvgIpc) is 3.09. The van der Waals surface area contributed by atoms with Crippen LogP contribution in [0.3, 0.4) is 0 Å². The number of thioether (sulfide) groups is 1. The van der Waals surface area contributed by atoms with Gasteiger partial charge in [-0.1, -0.05) is 68.9 Å². The average molecular weight is 367 g/mol. The van der Waals surface area contributed by atoms with Gasteiger partial charge in [0.15, 0.2) is 0 Å². The van der Waals surface area contributed by atoms with E-state index < -0.39 is 0 Å². The van der Waals surface area contributed by atoms with Crippen molar-refractivity contribution in [3.63, 3.8) is 0 Å². The van der Waals surface area contributed by atoms with Crippen molar-refractivity contribution >= 4 is 23.4 Å². The minimum Gasteiger partial charge on any atom is -0.325 e. The number of hydrogen-bond donors (Lipinski definition) is 1. The fourth-order valence-electron chi connectivity index (χ4n) is 2.56. The predicted molar refractivity (Wildman–Crippen MR) is 104 cm³/mol. The van der Waals surface area contributed by atoms with Crippen LogP contribution in [0.1, 0.15) is 26.3 Å². The highest BCUT2D eigenvalue weighted by molar-refractivity contribution is 7.99. The summed E-state index contributed by atoms with van der Waals surface area (Å²) in [6.07, 6.45) is 0. The summed E-state index contributed by atoms with van der Waals surface area (Å²) in [5, 5.41) is 15.3. The molecule has 0 saturated heterocycles. The summed E-state index contributed by atoms with van der Waals surface area (Å²) < 4.78 is 1.63. The Morgan fingerprint density at radius 1 is 1.08 bits per heavy atom. The van der Waals surface area contributed by atoms with Crippen LogP contribution >= 0.6 is 11.8 Å². The van der Waals surface area contributed by atoms with Crippen molar-refractivity contribution in [1.29, 1.82) is 0 Å². The van der Waals surface area contributed by atoms with Gasteiger partial charge in [-0.3, -0.25) is 4.79 Å². The van der Waals surface area contributed by atoms with E-state index in [0.29, 0.717) is 5.16 Å². The lowest BCUT2D eigenvalue weighted by Crippen LogP contribution is -2.20. The third-order valence-electron chi connectivity index (χ3n) is 3.78. The number of para-hydroxylation sites is 2. The summed E-state index contributed by atoms with van der Waals surface area (Å²) in [7, 11) is 0. The number of carbonyl (C=O) groups excluding carboxylic acids is 1. The Balaban J connectivity index is 1.68. The number of carbonyl (C=O) groups is 1. The maximum atomic E-state index is 12.4. The number of amides is 1. The zero-order valence-electron chi connectivity index (χ0n) is 15.0. The number of anilines is 1. The molecule has 0 bridgehead atoms. The topological polar surface area (TPSA) is 72.7 Å². The third kappa shape index (κ3) is 4.29. The molecule has 3 rings (SSSR count). The Kier molecular flexibility index (Phi) is 5.37. The van der Waals surface area contributed by atoms with Crippen molar-refractivity contribution in [3.05, 3.63) is 60.2 Å². The van der Waals surface area contributed by atoms with Gasteiger partial charge in [0.2, 0.25) is 11.1 Å². The quantitative estimate of drug-likeness (QED) is 0.696. The van der Waals surface area contributed by atoms with E-state index in [1.807, 2.05) is 54.6 Å². The molecular formula is C19H21N5OS. The second kappa shape index (κ2) is 7.70. The Morgan fingerprint density at radius 3 is 2.50 bits per heavy atom. The molecule has 0 aliphatic heterocycles. The van der Waals surface area contributed by atoms with Crippen molar-refractivity contribution in [2.45, 2.75) is 31.3 Å². The van der Waals surface area contributed by atoms with Gasteiger partial charge in [-0.2, -0.15) is 4.68 Å². The highest BCUT2D eigenvalue weighted by Gasteiger charge is 2.19. The molecule has 3 aromatic rings. The number of nitrogens with zero attached hydrogens (tertiary/aromatic N) is 4. The van der Waals surface area contributed by atoms with E-state index in [2.05, 4.69) is 41.6 Å². The summed E-state index contributed by atoms with van der Waals surface area (Å²) in [5.41, 5.74) is 2.76. The molecule has 0 fully saturated rings. The normalized spacial score (nSPS) is 11.3. The van der Waals surface area contributed by atoms with Crippen LogP contribution in [0.15, 0.2) is 59.8 Å². The van der Waals surface area contributed by atoms with Gasteiger partial charge >= 0.3 is 0 Å². The first-order valence-corrected chi connectivity index (χ1v) is 9.29. The molecule has 134 valence electrons. The van der Waals surface area contributed by atoms with Gasteiger partial charge in [-0.25, -0.2) is 0 Å². The second-order valence-electron chi connectivity index (χ2n) is 6.84. The number of nitrogens with one attached hydrogen (secondary N) is 1. The predicted octanol–water partition coefficient (Wildman–Crippen LogP) is 3.69. The third-order valence-corrected chi connectivity index (χ3v) is 4.70. The van der Waals surface area contributed by atoms with Crippen molar-refractivity contribution in [2.75, 3.05) is 11.1 Å². The monoisotopic (exact) mass is 367 g/mol. The van der Waals surface area contributed by atoms with Crippen LogP contribution in [-0.2, 0) is 10.2 Å². The number of aromatic nitrogens is 4. The summed E-state index contributed by atoms with van der Waals surface area (Å²) in [6, 6.07) is 17.5. The molecule has 0 aliphatic rings. The van der Waals surface area contributed by atoms with Crippen molar-refractivity contribution in [2.24, 2.45) is 0 Å². The molecular weight excluding hydrogens is 346 g/mol. The van der Waals surface area contributed by atoms with E-state index in [4.69, 9.17) is 0 Å². The fraction of sp³-hybridized carbons (Fsp3) is 0.263. The molecule has 26 heavy (non-hydrogen) atoms. The van der Waals surface area contributed by atoms with E-state index in [9.17, 15) is 4.79 Å². The first-order valence-electron chi connectivity index (χ1n) is 8.31. The molecule has 1 heterocycles. The zero-order chi connectivity index (χ0) is 18.6. The lowest BCUT2D eigenvalue weighted by Gasteiger charge is -2.22. The Morgan fingerprint density at radius 2 is 1.77 bits per heavy atom. The first kappa shape index (κ1) is 18.1. The van der Waals surface area contributed by atoms with Crippen LogP contribution in [0.2, 0.25) is 0 Å². The molecule has 0 saturated carbocycles. The van der Waals surface area contributed by atoms with Gasteiger partial charge in [-0.15, -0.1) is 5.10 Å². The van der Waals surface area contributed by atoms with Crippen LogP contribution < -0.4 is 5.32 Å². The fourth-order valence-corrected chi connectivity index (χ4v) is 3.25. The van der Waals surface area contributed by atoms with E-state index in [-0.39, 0.29) is 17.1 Å². The molecule has 0 unspecified atom stereocenters. The molecule has 0 spiro atoms. The van der Waals surface area contributed by atoms with Gasteiger partial charge in [0.1, 0.15) is 0 Å². The Hall–Kier alpha value is -2.67. The molecule has 0 aliphatic carbocycles. The maximum absolute atomic E-state index is 12.4. The largest absolute Gasteiger partial charge is 0.325 e. The van der Waals surface area contributed by atoms with Crippen LogP contribution in [0.25, 0.3) is 5.69 Å². The second-order valence-corrected chi connectivity index (χ2v) is 7.78. The number of rotatable bonds is 5. The lowest BCUT2D eigenvalue weighted by molar-refractivity contribution is -0.113. The molecule has 1 amide bonds. The van der Waals surface area contributed by atoms with E-state index in [1.165, 1.54) is 11.8 Å². The van der Waals surface area contributed by atoms with Gasteiger partial charge in [0.05, 0.1) is 11.4 Å². The molecule has 2 aromatic carbocycles. The van der Waals surface area contributed by atoms with Gasteiger partial charge < -0.3 is 5.32 Å². The summed E-state index contributed by atoms with van der Waals surface area (Å²) >= 11 is 1.30. The summed E-state index contributed by atoms with van der Waals surface area (Å²) in [4.78, 5) is 12.4. The zero-order valence-corrected chi connectivity index (χ0v) is 15.8.